The molecule has 3 nitrogen and oxygen atoms in total. The van der Waals surface area contributed by atoms with Crippen LogP contribution in [0.1, 0.15) is 41.5 Å². The summed E-state index contributed by atoms with van der Waals surface area (Å²) in [6.07, 6.45) is 0.295. The van der Waals surface area contributed by atoms with Crippen molar-refractivity contribution in [3.05, 3.63) is 0 Å². The lowest BCUT2D eigenvalue weighted by Crippen LogP contribution is -2.49. The molecule has 0 N–H and O–H groups in total. The maximum atomic E-state index is 5.90. The van der Waals surface area contributed by atoms with E-state index in [-0.39, 0.29) is 12.2 Å². The highest BCUT2D eigenvalue weighted by molar-refractivity contribution is 6.60. The van der Waals surface area contributed by atoms with Gasteiger partial charge in [0.2, 0.25) is 0 Å². The zero-order valence-corrected chi connectivity index (χ0v) is 12.2. The van der Waals surface area contributed by atoms with Gasteiger partial charge >= 0.3 is 8.80 Å². The second kappa shape index (κ2) is 6.63. The Hall–Kier alpha value is 0.0969. The van der Waals surface area contributed by atoms with E-state index in [4.69, 9.17) is 13.3 Å². The molecule has 0 saturated carbocycles. The van der Waals surface area contributed by atoms with E-state index in [1.807, 2.05) is 27.7 Å². The van der Waals surface area contributed by atoms with Crippen LogP contribution in [0.5, 0.6) is 0 Å². The van der Waals surface area contributed by atoms with Gasteiger partial charge in [-0.3, -0.25) is 0 Å². The van der Waals surface area contributed by atoms with Gasteiger partial charge in [0, 0.05) is 25.4 Å². The Bertz CT molecular complexity index is 143. The average Bonchev–Trinajstić information content (AvgIpc) is 1.99. The summed E-state index contributed by atoms with van der Waals surface area (Å²) < 4.78 is 17.4. The first-order valence-corrected chi connectivity index (χ1v) is 7.65. The molecule has 0 spiro atoms. The molecule has 0 aromatic carbocycles. The summed E-state index contributed by atoms with van der Waals surface area (Å²) in [7, 11) is -0.765. The number of hydrogen-bond acceptors (Lipinski definition) is 3. The average molecular weight is 234 g/mol. The van der Waals surface area contributed by atoms with Crippen molar-refractivity contribution in [1.82, 2.24) is 0 Å². The third kappa shape index (κ3) is 6.30. The summed E-state index contributed by atoms with van der Waals surface area (Å²) in [5.74, 6) is 0.522. The van der Waals surface area contributed by atoms with E-state index in [1.165, 1.54) is 0 Å². The smallest absolute Gasteiger partial charge is 0.377 e. The van der Waals surface area contributed by atoms with E-state index in [0.717, 1.165) is 6.04 Å². The van der Waals surface area contributed by atoms with Crippen molar-refractivity contribution in [2.24, 2.45) is 5.92 Å². The fourth-order valence-corrected chi connectivity index (χ4v) is 4.57. The molecule has 0 amide bonds. The van der Waals surface area contributed by atoms with Crippen LogP contribution in [-0.2, 0) is 13.3 Å². The van der Waals surface area contributed by atoms with Crippen LogP contribution in [0.25, 0.3) is 0 Å². The van der Waals surface area contributed by atoms with Gasteiger partial charge in [0.1, 0.15) is 0 Å². The van der Waals surface area contributed by atoms with E-state index in [2.05, 4.69) is 13.8 Å². The summed E-state index contributed by atoms with van der Waals surface area (Å²) in [6, 6.07) is 0.875. The predicted molar refractivity (Wildman–Crippen MR) is 64.9 cm³/mol. The Morgan fingerprint density at radius 3 is 1.47 bits per heavy atom. The molecule has 0 rings (SSSR count). The van der Waals surface area contributed by atoms with Crippen molar-refractivity contribution in [2.45, 2.75) is 59.8 Å². The fourth-order valence-electron chi connectivity index (χ4n) is 1.52. The maximum absolute atomic E-state index is 5.90. The standard InChI is InChI=1S/C11H26O3Si/c1-9(2)8-15(12-7,13-10(3)4)14-11(5)6/h9-11H,8H2,1-7H3. The van der Waals surface area contributed by atoms with Crippen LogP contribution in [0.15, 0.2) is 0 Å². The molecule has 92 valence electrons. The summed E-state index contributed by atoms with van der Waals surface area (Å²) in [5, 5.41) is 0. The Labute approximate surface area is 95.5 Å². The van der Waals surface area contributed by atoms with Gasteiger partial charge in [0.15, 0.2) is 0 Å². The van der Waals surface area contributed by atoms with E-state index >= 15 is 0 Å². The van der Waals surface area contributed by atoms with Crippen molar-refractivity contribution < 1.29 is 13.3 Å². The summed E-state index contributed by atoms with van der Waals surface area (Å²) in [6.45, 7) is 12.4. The minimum Gasteiger partial charge on any atom is -0.377 e. The fraction of sp³-hybridized carbons (Fsp3) is 1.00. The molecule has 0 aliphatic heterocycles. The lowest BCUT2D eigenvalue weighted by Gasteiger charge is -2.32. The molecule has 0 aliphatic rings. The van der Waals surface area contributed by atoms with Crippen LogP contribution in [0, 0.1) is 5.92 Å². The highest BCUT2D eigenvalue weighted by Gasteiger charge is 2.42. The van der Waals surface area contributed by atoms with Gasteiger partial charge in [0.05, 0.1) is 0 Å². The second-order valence-corrected chi connectivity index (χ2v) is 7.47. The van der Waals surface area contributed by atoms with Crippen molar-refractivity contribution in [3.8, 4) is 0 Å². The number of rotatable bonds is 7. The van der Waals surface area contributed by atoms with E-state index < -0.39 is 8.80 Å². The minimum atomic E-state index is -2.46. The van der Waals surface area contributed by atoms with E-state index in [1.54, 1.807) is 7.11 Å². The maximum Gasteiger partial charge on any atom is 0.501 e. The SMILES string of the molecule is CO[Si](CC(C)C)(OC(C)C)OC(C)C. The van der Waals surface area contributed by atoms with E-state index in [0.29, 0.717) is 5.92 Å². The first-order valence-electron chi connectivity index (χ1n) is 5.72. The quantitative estimate of drug-likeness (QED) is 0.634. The third-order valence-electron chi connectivity index (χ3n) is 1.80. The van der Waals surface area contributed by atoms with Crippen LogP contribution in [0.2, 0.25) is 6.04 Å². The molecule has 4 heteroatoms. The molecule has 0 bridgehead atoms. The second-order valence-electron chi connectivity index (χ2n) is 4.82. The van der Waals surface area contributed by atoms with Gasteiger partial charge < -0.3 is 13.3 Å². The number of hydrogen-bond donors (Lipinski definition) is 0. The molecule has 0 atom stereocenters. The van der Waals surface area contributed by atoms with Gasteiger partial charge in [-0.25, -0.2) is 0 Å². The molecule has 0 radical (unpaired) electrons. The minimum absolute atomic E-state index is 0.147. The highest BCUT2D eigenvalue weighted by Crippen LogP contribution is 2.23. The molecule has 0 aromatic rings. The van der Waals surface area contributed by atoms with Gasteiger partial charge in [-0.15, -0.1) is 0 Å². The summed E-state index contributed by atoms with van der Waals surface area (Å²) >= 11 is 0. The van der Waals surface area contributed by atoms with Crippen molar-refractivity contribution >= 4 is 8.80 Å². The molecule has 15 heavy (non-hydrogen) atoms. The van der Waals surface area contributed by atoms with Crippen molar-refractivity contribution in [2.75, 3.05) is 7.11 Å². The van der Waals surface area contributed by atoms with Gasteiger partial charge in [-0.05, 0) is 33.6 Å². The molecule has 0 saturated heterocycles. The molecule has 0 aliphatic carbocycles. The first-order chi connectivity index (χ1) is 6.81. The van der Waals surface area contributed by atoms with Gasteiger partial charge in [-0.2, -0.15) is 0 Å². The topological polar surface area (TPSA) is 27.7 Å². The highest BCUT2D eigenvalue weighted by atomic mass is 28.4. The molecule has 0 aromatic heterocycles. The molecular weight excluding hydrogens is 208 g/mol. The van der Waals surface area contributed by atoms with Crippen LogP contribution in [0.3, 0.4) is 0 Å². The summed E-state index contributed by atoms with van der Waals surface area (Å²) in [4.78, 5) is 0. The van der Waals surface area contributed by atoms with Gasteiger partial charge in [-0.1, -0.05) is 13.8 Å². The Morgan fingerprint density at radius 1 is 0.867 bits per heavy atom. The van der Waals surface area contributed by atoms with Crippen LogP contribution in [0.4, 0.5) is 0 Å². The lowest BCUT2D eigenvalue weighted by atomic mass is 10.3. The van der Waals surface area contributed by atoms with Crippen molar-refractivity contribution in [1.29, 1.82) is 0 Å². The lowest BCUT2D eigenvalue weighted by molar-refractivity contribution is 0.0304. The molecule has 0 fully saturated rings. The van der Waals surface area contributed by atoms with Gasteiger partial charge in [0.25, 0.3) is 0 Å². The first kappa shape index (κ1) is 15.1. The van der Waals surface area contributed by atoms with Crippen LogP contribution < -0.4 is 0 Å². The monoisotopic (exact) mass is 234 g/mol. The predicted octanol–water partition coefficient (Wildman–Crippen LogP) is 3.08. The Balaban J connectivity index is 4.59. The Morgan fingerprint density at radius 2 is 1.27 bits per heavy atom. The van der Waals surface area contributed by atoms with Crippen LogP contribution in [-0.4, -0.2) is 28.1 Å². The molecule has 0 unspecified atom stereocenters. The van der Waals surface area contributed by atoms with E-state index in [9.17, 15) is 0 Å². The van der Waals surface area contributed by atoms with Crippen molar-refractivity contribution in [3.63, 3.8) is 0 Å². The molecule has 0 heterocycles. The third-order valence-corrected chi connectivity index (χ3v) is 5.40. The molecular formula is C11H26O3Si. The zero-order valence-electron chi connectivity index (χ0n) is 11.2. The van der Waals surface area contributed by atoms with Crippen LogP contribution >= 0.6 is 0 Å². The zero-order chi connectivity index (χ0) is 12.1. The Kier molecular flexibility index (Phi) is 6.67. The largest absolute Gasteiger partial charge is 0.501 e. The summed E-state index contributed by atoms with van der Waals surface area (Å²) in [5.41, 5.74) is 0. The normalized spacial score (nSPS) is 13.2.